The minimum atomic E-state index is -1.15. The number of hydrogen-bond acceptors (Lipinski definition) is 7. The predicted octanol–water partition coefficient (Wildman–Crippen LogP) is -0.767. The van der Waals surface area contributed by atoms with Gasteiger partial charge in [-0.3, -0.25) is 19.7 Å². The van der Waals surface area contributed by atoms with E-state index < -0.39 is 36.0 Å². The molecule has 10 nitrogen and oxygen atoms in total. The third-order valence-electron chi connectivity index (χ3n) is 3.52. The number of aliphatic carboxylic acids is 1. The molecule has 0 spiro atoms. The van der Waals surface area contributed by atoms with E-state index in [4.69, 9.17) is 9.84 Å². The number of ether oxygens (including phenoxy) is 1. The van der Waals surface area contributed by atoms with Crippen molar-refractivity contribution in [2.24, 2.45) is 0 Å². The van der Waals surface area contributed by atoms with Crippen LogP contribution >= 0.6 is 0 Å². The van der Waals surface area contributed by atoms with E-state index >= 15 is 0 Å². The van der Waals surface area contributed by atoms with E-state index in [2.05, 4.69) is 15.6 Å². The van der Waals surface area contributed by atoms with Gasteiger partial charge in [-0.25, -0.2) is 4.79 Å². The molecule has 3 rings (SSSR count). The van der Waals surface area contributed by atoms with Gasteiger partial charge in [0.25, 0.3) is 11.5 Å². The predicted molar refractivity (Wildman–Crippen MR) is 78.3 cm³/mol. The summed E-state index contributed by atoms with van der Waals surface area (Å²) < 4.78 is 5.95. The lowest BCUT2D eigenvalue weighted by Crippen LogP contribution is -2.45. The van der Waals surface area contributed by atoms with E-state index in [0.717, 1.165) is 4.68 Å². The van der Waals surface area contributed by atoms with Crippen LogP contribution in [0.3, 0.4) is 0 Å². The minimum absolute atomic E-state index is 0.102. The first-order valence-electron chi connectivity index (χ1n) is 7.03. The number of benzene rings is 1. The van der Waals surface area contributed by atoms with Gasteiger partial charge in [-0.2, -0.15) is 4.68 Å². The molecule has 1 fully saturated rings. The van der Waals surface area contributed by atoms with E-state index in [-0.39, 0.29) is 29.5 Å². The number of aromatic nitrogens is 3. The zero-order valence-corrected chi connectivity index (χ0v) is 12.3. The molecule has 1 atom stereocenters. The Bertz CT molecular complexity index is 906. The van der Waals surface area contributed by atoms with Crippen molar-refractivity contribution in [1.82, 2.24) is 20.3 Å². The first-order chi connectivity index (χ1) is 11.5. The lowest BCUT2D eigenvalue weighted by atomic mass is 10.1. The summed E-state index contributed by atoms with van der Waals surface area (Å²) in [5.41, 5.74) is -0.290. The van der Waals surface area contributed by atoms with Crippen molar-refractivity contribution >= 4 is 28.7 Å². The topological polar surface area (TPSA) is 140 Å². The van der Waals surface area contributed by atoms with Crippen molar-refractivity contribution in [3.63, 3.8) is 0 Å². The van der Waals surface area contributed by atoms with E-state index in [1.54, 1.807) is 0 Å². The van der Waals surface area contributed by atoms with Crippen molar-refractivity contribution in [3.05, 3.63) is 28.6 Å². The number of fused-ring (bicyclic) bond motifs is 1. The number of amides is 2. The number of carbonyl (C=O) groups excluding carboxylic acids is 2. The van der Waals surface area contributed by atoms with Crippen LogP contribution in [-0.2, 0) is 14.4 Å². The largest absolute Gasteiger partial charge is 0.482 e. The quantitative estimate of drug-likeness (QED) is 0.696. The molecule has 0 aliphatic carbocycles. The summed E-state index contributed by atoms with van der Waals surface area (Å²) >= 11 is 0. The van der Waals surface area contributed by atoms with Gasteiger partial charge in [0, 0.05) is 6.42 Å². The zero-order chi connectivity index (χ0) is 17.3. The number of piperidine rings is 1. The van der Waals surface area contributed by atoms with Crippen LogP contribution in [0.4, 0.5) is 0 Å². The Morgan fingerprint density at radius 1 is 1.38 bits per heavy atom. The molecule has 1 aliphatic rings. The lowest BCUT2D eigenvalue weighted by molar-refractivity contribution is -0.139. The van der Waals surface area contributed by atoms with E-state index in [1.165, 1.54) is 18.2 Å². The molecule has 1 aromatic heterocycles. The molecule has 0 bridgehead atoms. The molecule has 2 aromatic rings. The molecular formula is C14H12N4O6. The molecule has 24 heavy (non-hydrogen) atoms. The Hall–Kier alpha value is -3.30. The summed E-state index contributed by atoms with van der Waals surface area (Å²) in [4.78, 5) is 46.2. The van der Waals surface area contributed by atoms with Crippen molar-refractivity contribution in [2.75, 3.05) is 6.61 Å². The number of nitrogens with one attached hydrogen (secondary N) is 1. The van der Waals surface area contributed by atoms with E-state index in [9.17, 15) is 19.2 Å². The first-order valence-corrected chi connectivity index (χ1v) is 7.03. The molecule has 0 saturated carbocycles. The Morgan fingerprint density at radius 3 is 2.88 bits per heavy atom. The molecule has 2 heterocycles. The molecule has 0 radical (unpaired) electrons. The molecule has 1 aromatic carbocycles. The SMILES string of the molecule is O=C(O)COc1ccc2nnn(C3CCC(=O)NC3=O)c(=O)c2c1. The van der Waals surface area contributed by atoms with E-state index in [1.807, 2.05) is 0 Å². The van der Waals surface area contributed by atoms with Crippen LogP contribution in [0, 0.1) is 0 Å². The molecule has 124 valence electrons. The number of rotatable bonds is 4. The highest BCUT2D eigenvalue weighted by atomic mass is 16.5. The summed E-state index contributed by atoms with van der Waals surface area (Å²) in [7, 11) is 0. The van der Waals surface area contributed by atoms with Gasteiger partial charge in [0.15, 0.2) is 6.61 Å². The van der Waals surface area contributed by atoms with Crippen LogP contribution in [0.1, 0.15) is 18.9 Å². The zero-order valence-electron chi connectivity index (χ0n) is 12.3. The van der Waals surface area contributed by atoms with Crippen LogP contribution < -0.4 is 15.6 Å². The van der Waals surface area contributed by atoms with Crippen LogP contribution in [0.5, 0.6) is 5.75 Å². The van der Waals surface area contributed by atoms with Crippen molar-refractivity contribution in [3.8, 4) is 5.75 Å². The second kappa shape index (κ2) is 6.07. The fourth-order valence-corrected chi connectivity index (χ4v) is 2.39. The highest BCUT2D eigenvalue weighted by Crippen LogP contribution is 2.19. The fourth-order valence-electron chi connectivity index (χ4n) is 2.39. The second-order valence-electron chi connectivity index (χ2n) is 5.17. The molecule has 10 heteroatoms. The summed E-state index contributed by atoms with van der Waals surface area (Å²) in [5.74, 6) is -1.98. The Labute approximate surface area is 134 Å². The Balaban J connectivity index is 1.99. The van der Waals surface area contributed by atoms with Crippen molar-refractivity contribution in [1.29, 1.82) is 0 Å². The number of nitrogens with zero attached hydrogens (tertiary/aromatic N) is 3. The van der Waals surface area contributed by atoms with Crippen LogP contribution in [0.25, 0.3) is 10.9 Å². The molecule has 2 N–H and O–H groups in total. The monoisotopic (exact) mass is 332 g/mol. The van der Waals surface area contributed by atoms with Crippen LogP contribution in [0.2, 0.25) is 0 Å². The van der Waals surface area contributed by atoms with Gasteiger partial charge in [-0.1, -0.05) is 5.21 Å². The van der Waals surface area contributed by atoms with Crippen LogP contribution in [-0.4, -0.2) is 44.5 Å². The molecule has 1 aliphatic heterocycles. The maximum Gasteiger partial charge on any atom is 0.341 e. The third-order valence-corrected chi connectivity index (χ3v) is 3.52. The number of carboxylic acids is 1. The maximum atomic E-state index is 12.6. The normalized spacial score (nSPS) is 17.6. The van der Waals surface area contributed by atoms with Gasteiger partial charge >= 0.3 is 5.97 Å². The smallest absolute Gasteiger partial charge is 0.341 e. The number of carbonyl (C=O) groups is 3. The Kier molecular flexibility index (Phi) is 3.94. The standard InChI is InChI=1S/C14H12N4O6/c19-11-4-3-10(13(22)15-11)18-14(23)8-5-7(24-6-12(20)21)1-2-9(8)16-17-18/h1-2,5,10H,3-4,6H2,(H,20,21)(H,15,19,22). The summed E-state index contributed by atoms with van der Waals surface area (Å²) in [5, 5.41) is 18.6. The highest BCUT2D eigenvalue weighted by Gasteiger charge is 2.30. The van der Waals surface area contributed by atoms with Crippen molar-refractivity contribution in [2.45, 2.75) is 18.9 Å². The summed E-state index contributed by atoms with van der Waals surface area (Å²) in [6.45, 7) is -0.550. The lowest BCUT2D eigenvalue weighted by Gasteiger charge is -2.21. The average Bonchev–Trinajstić information content (AvgIpc) is 2.54. The maximum absolute atomic E-state index is 12.6. The summed E-state index contributed by atoms with van der Waals surface area (Å²) in [6.07, 6.45) is 0.254. The third kappa shape index (κ3) is 2.93. The van der Waals surface area contributed by atoms with Crippen LogP contribution in [0.15, 0.2) is 23.0 Å². The van der Waals surface area contributed by atoms with Gasteiger partial charge in [-0.05, 0) is 24.6 Å². The first kappa shape index (κ1) is 15.6. The summed E-state index contributed by atoms with van der Waals surface area (Å²) in [6, 6.07) is 3.36. The second-order valence-corrected chi connectivity index (χ2v) is 5.17. The Morgan fingerprint density at radius 2 is 2.17 bits per heavy atom. The number of carboxylic acid groups (broad SMARTS) is 1. The molecule has 2 amide bonds. The highest BCUT2D eigenvalue weighted by molar-refractivity contribution is 5.99. The molecular weight excluding hydrogens is 320 g/mol. The molecule has 1 unspecified atom stereocenters. The van der Waals surface area contributed by atoms with E-state index in [0.29, 0.717) is 0 Å². The minimum Gasteiger partial charge on any atom is -0.482 e. The van der Waals surface area contributed by atoms with Gasteiger partial charge in [0.2, 0.25) is 5.91 Å². The van der Waals surface area contributed by atoms with Gasteiger partial charge in [0.1, 0.15) is 17.3 Å². The molecule has 1 saturated heterocycles. The number of hydrogen-bond donors (Lipinski definition) is 2. The fraction of sp³-hybridized carbons (Fsp3) is 0.286. The van der Waals surface area contributed by atoms with Gasteiger partial charge in [-0.15, -0.1) is 5.10 Å². The number of imide groups is 1. The van der Waals surface area contributed by atoms with Gasteiger partial charge < -0.3 is 9.84 Å². The van der Waals surface area contributed by atoms with Gasteiger partial charge in [0.05, 0.1) is 5.39 Å². The van der Waals surface area contributed by atoms with Crippen molar-refractivity contribution < 1.29 is 24.2 Å². The average molecular weight is 332 g/mol.